The van der Waals surface area contributed by atoms with Crippen LogP contribution in [-0.2, 0) is 65.4 Å². The first-order chi connectivity index (χ1) is 42.9. The quantitative estimate of drug-likeness (QED) is 0.0222. The van der Waals surface area contributed by atoms with E-state index in [-0.39, 0.29) is 25.7 Å². The van der Waals surface area contributed by atoms with Gasteiger partial charge in [0.05, 0.1) is 26.4 Å². The van der Waals surface area contributed by atoms with Crippen LogP contribution in [0.5, 0.6) is 0 Å². The van der Waals surface area contributed by atoms with Gasteiger partial charge in [0.2, 0.25) is 0 Å². The largest absolute Gasteiger partial charge is 0.472 e. The van der Waals surface area contributed by atoms with Crippen molar-refractivity contribution < 1.29 is 80.2 Å². The van der Waals surface area contributed by atoms with E-state index in [9.17, 15) is 43.2 Å². The maximum Gasteiger partial charge on any atom is 0.472 e. The van der Waals surface area contributed by atoms with Crippen molar-refractivity contribution in [1.82, 2.24) is 0 Å². The van der Waals surface area contributed by atoms with Gasteiger partial charge in [-0.25, -0.2) is 9.13 Å². The molecule has 0 heterocycles. The molecule has 528 valence electrons. The summed E-state index contributed by atoms with van der Waals surface area (Å²) >= 11 is 0. The lowest BCUT2D eigenvalue weighted by atomic mass is 9.99. The molecule has 0 saturated carbocycles. The number of aliphatic hydroxyl groups is 1. The van der Waals surface area contributed by atoms with E-state index in [4.69, 9.17) is 37.0 Å². The van der Waals surface area contributed by atoms with Crippen molar-refractivity contribution in [1.29, 1.82) is 0 Å². The van der Waals surface area contributed by atoms with Gasteiger partial charge < -0.3 is 33.8 Å². The van der Waals surface area contributed by atoms with E-state index in [1.54, 1.807) is 0 Å². The van der Waals surface area contributed by atoms with E-state index in [2.05, 4.69) is 41.5 Å². The van der Waals surface area contributed by atoms with E-state index in [1.165, 1.54) is 173 Å². The summed E-state index contributed by atoms with van der Waals surface area (Å²) in [6, 6.07) is 0. The van der Waals surface area contributed by atoms with E-state index < -0.39 is 97.5 Å². The van der Waals surface area contributed by atoms with Crippen molar-refractivity contribution in [3.8, 4) is 0 Å². The molecule has 0 bridgehead atoms. The van der Waals surface area contributed by atoms with Gasteiger partial charge in [0.1, 0.15) is 19.3 Å². The molecule has 0 aliphatic heterocycles. The fourth-order valence-electron chi connectivity index (χ4n) is 10.6. The molecule has 89 heavy (non-hydrogen) atoms. The molecule has 0 rings (SSSR count). The second kappa shape index (κ2) is 62.2. The zero-order valence-corrected chi connectivity index (χ0v) is 59.5. The molecule has 3 N–H and O–H groups in total. The van der Waals surface area contributed by atoms with Gasteiger partial charge in [-0.05, 0) is 37.5 Å². The Balaban J connectivity index is 5.21. The number of aliphatic hydroxyl groups excluding tert-OH is 1. The molecule has 0 fully saturated rings. The second-order valence-electron chi connectivity index (χ2n) is 26.0. The average Bonchev–Trinajstić information content (AvgIpc) is 3.72. The average molecular weight is 1310 g/mol. The van der Waals surface area contributed by atoms with Gasteiger partial charge in [0, 0.05) is 25.7 Å². The molecule has 0 aromatic carbocycles. The number of carbonyl (C=O) groups excluding carboxylic acids is 4. The summed E-state index contributed by atoms with van der Waals surface area (Å²) in [5.74, 6) is -0.585. The molecule has 0 amide bonds. The van der Waals surface area contributed by atoms with E-state index >= 15 is 0 Å². The predicted octanol–water partition coefficient (Wildman–Crippen LogP) is 20.0. The highest BCUT2D eigenvalue weighted by Gasteiger charge is 2.30. The zero-order valence-electron chi connectivity index (χ0n) is 57.7. The fraction of sp³-hybridized carbons (Fsp3) is 0.943. The van der Waals surface area contributed by atoms with Crippen LogP contribution in [0.25, 0.3) is 0 Å². The number of carbonyl (C=O) groups is 4. The Kier molecular flexibility index (Phi) is 60.8. The number of hydrogen-bond acceptors (Lipinski definition) is 15. The van der Waals surface area contributed by atoms with Crippen LogP contribution in [0.15, 0.2) is 0 Å². The zero-order chi connectivity index (χ0) is 65.7. The Bertz CT molecular complexity index is 1740. The molecule has 0 radical (unpaired) electrons. The molecule has 19 heteroatoms. The summed E-state index contributed by atoms with van der Waals surface area (Å²) in [5, 5.41) is 10.6. The number of hydrogen-bond donors (Lipinski definition) is 3. The molecule has 6 atom stereocenters. The molecular formula is C70H136O17P2. The van der Waals surface area contributed by atoms with Gasteiger partial charge in [-0.3, -0.25) is 37.3 Å². The minimum absolute atomic E-state index is 0.103. The van der Waals surface area contributed by atoms with Crippen LogP contribution in [0.2, 0.25) is 0 Å². The van der Waals surface area contributed by atoms with Gasteiger partial charge >= 0.3 is 39.5 Å². The van der Waals surface area contributed by atoms with Crippen LogP contribution in [0.3, 0.4) is 0 Å². The first-order valence-electron chi connectivity index (χ1n) is 36.5. The topological polar surface area (TPSA) is 237 Å². The van der Waals surface area contributed by atoms with Crippen LogP contribution in [0.1, 0.15) is 356 Å². The standard InChI is InChI=1S/C70H136O17P2/c1-7-10-12-14-16-18-19-25-29-35-41-47-53-68(73)81-58-65(86-69(74)54-48-42-36-30-26-23-21-20-22-24-28-33-39-45-51-63(6)9-3)60-84-88(76,77)82-56-64(71)57-83-89(78,79)85-61-66(59-80-67(72)52-46-40-34-27-17-15-13-11-8-2)87-70(75)55-49-43-37-31-32-38-44-50-62(4)5/h62-66,71H,7-61H2,1-6H3,(H,76,77)(H,78,79)/t63?,64-,65-,66-/m1/s1. The number of unbranched alkanes of at least 4 members (excludes halogenated alkanes) is 38. The number of phosphoric acid groups is 2. The highest BCUT2D eigenvalue weighted by Crippen LogP contribution is 2.45. The SMILES string of the molecule is CCCCCCCCCCCCCCC(=O)OC[C@H](COP(=O)(O)OC[C@@H](O)COP(=O)(O)OC[C@@H](COC(=O)CCCCCCCCCCC)OC(=O)CCCCCCCCCC(C)C)OC(=O)CCCCCCCCCCCCCCCCC(C)CC. The van der Waals surface area contributed by atoms with Crippen LogP contribution in [0.4, 0.5) is 0 Å². The first-order valence-corrected chi connectivity index (χ1v) is 39.5. The fourth-order valence-corrected chi connectivity index (χ4v) is 12.1. The molecule has 0 saturated heterocycles. The molecule has 0 aromatic rings. The van der Waals surface area contributed by atoms with Crippen molar-refractivity contribution in [2.45, 2.75) is 374 Å². The number of phosphoric ester groups is 2. The summed E-state index contributed by atoms with van der Waals surface area (Å²) in [6.45, 7) is 9.52. The minimum atomic E-state index is -4.95. The lowest BCUT2D eigenvalue weighted by Crippen LogP contribution is -2.30. The third-order valence-electron chi connectivity index (χ3n) is 16.6. The molecule has 0 spiro atoms. The van der Waals surface area contributed by atoms with E-state index in [0.29, 0.717) is 31.6 Å². The highest BCUT2D eigenvalue weighted by atomic mass is 31.2. The minimum Gasteiger partial charge on any atom is -0.462 e. The monoisotopic (exact) mass is 1310 g/mol. The molecule has 0 aliphatic rings. The Morgan fingerprint density at radius 2 is 0.573 bits per heavy atom. The number of esters is 4. The summed E-state index contributed by atoms with van der Waals surface area (Å²) < 4.78 is 68.2. The third kappa shape index (κ3) is 63.2. The van der Waals surface area contributed by atoms with Crippen LogP contribution in [0, 0.1) is 11.8 Å². The van der Waals surface area contributed by atoms with Gasteiger partial charge in [0.15, 0.2) is 12.2 Å². The summed E-state index contributed by atoms with van der Waals surface area (Å²) in [6.07, 6.45) is 47.2. The Hall–Kier alpha value is -1.94. The highest BCUT2D eigenvalue weighted by molar-refractivity contribution is 7.47. The predicted molar refractivity (Wildman–Crippen MR) is 358 cm³/mol. The van der Waals surface area contributed by atoms with E-state index in [0.717, 1.165) is 95.8 Å². The van der Waals surface area contributed by atoms with Crippen molar-refractivity contribution in [2.75, 3.05) is 39.6 Å². The van der Waals surface area contributed by atoms with Gasteiger partial charge in [0.25, 0.3) is 0 Å². The van der Waals surface area contributed by atoms with Crippen LogP contribution in [-0.4, -0.2) is 96.7 Å². The van der Waals surface area contributed by atoms with Crippen molar-refractivity contribution >= 4 is 39.5 Å². The molecule has 17 nitrogen and oxygen atoms in total. The van der Waals surface area contributed by atoms with Crippen molar-refractivity contribution in [3.05, 3.63) is 0 Å². The van der Waals surface area contributed by atoms with Crippen LogP contribution < -0.4 is 0 Å². The second-order valence-corrected chi connectivity index (χ2v) is 28.9. The maximum absolute atomic E-state index is 13.0. The normalized spacial score (nSPS) is 14.4. The summed E-state index contributed by atoms with van der Waals surface area (Å²) in [7, 11) is -9.90. The van der Waals surface area contributed by atoms with Gasteiger partial charge in [-0.15, -0.1) is 0 Å². The van der Waals surface area contributed by atoms with Gasteiger partial charge in [-0.1, -0.05) is 305 Å². The van der Waals surface area contributed by atoms with E-state index in [1.807, 2.05) is 0 Å². The molecule has 0 aromatic heterocycles. The number of ether oxygens (including phenoxy) is 4. The smallest absolute Gasteiger partial charge is 0.462 e. The Morgan fingerprint density at radius 1 is 0.326 bits per heavy atom. The first kappa shape index (κ1) is 87.1. The number of rotatable bonds is 69. The van der Waals surface area contributed by atoms with Crippen molar-refractivity contribution in [3.63, 3.8) is 0 Å². The molecular weight excluding hydrogens is 1170 g/mol. The summed E-state index contributed by atoms with van der Waals surface area (Å²) in [5.41, 5.74) is 0. The molecule has 3 unspecified atom stereocenters. The van der Waals surface area contributed by atoms with Crippen molar-refractivity contribution in [2.24, 2.45) is 11.8 Å². The third-order valence-corrected chi connectivity index (χ3v) is 18.5. The summed E-state index contributed by atoms with van der Waals surface area (Å²) in [4.78, 5) is 72.4. The van der Waals surface area contributed by atoms with Gasteiger partial charge in [-0.2, -0.15) is 0 Å². The lowest BCUT2D eigenvalue weighted by Gasteiger charge is -2.21. The maximum atomic E-state index is 13.0. The molecule has 0 aliphatic carbocycles. The Labute approximate surface area is 543 Å². The Morgan fingerprint density at radius 3 is 0.854 bits per heavy atom. The van der Waals surface area contributed by atoms with Crippen LogP contribution >= 0.6 is 15.6 Å². The lowest BCUT2D eigenvalue weighted by molar-refractivity contribution is -0.161.